The number of hydrogen-bond donors (Lipinski definition) is 1. The minimum atomic E-state index is -0.492. The van der Waals surface area contributed by atoms with E-state index in [0.717, 1.165) is 0 Å². The van der Waals surface area contributed by atoms with Crippen molar-refractivity contribution in [3.63, 3.8) is 0 Å². The van der Waals surface area contributed by atoms with Crippen molar-refractivity contribution in [1.29, 1.82) is 0 Å². The standard InChI is InChI=1S/C12H13FN4O2/c1-17(6-11-14-8-15-16-11)12(18)7-19-10-5-3-2-4-9(10)13/h2-5,8H,6-7H2,1H3,(H,14,15,16). The highest BCUT2D eigenvalue weighted by molar-refractivity contribution is 5.77. The molecular formula is C12H13FN4O2. The van der Waals surface area contributed by atoms with Gasteiger partial charge in [0.1, 0.15) is 12.2 Å². The van der Waals surface area contributed by atoms with Gasteiger partial charge in [0.05, 0.1) is 6.54 Å². The summed E-state index contributed by atoms with van der Waals surface area (Å²) in [5.74, 6) is -0.140. The van der Waals surface area contributed by atoms with E-state index in [2.05, 4.69) is 15.2 Å². The Balaban J connectivity index is 1.86. The maximum atomic E-state index is 13.3. The Morgan fingerprint density at radius 3 is 2.95 bits per heavy atom. The lowest BCUT2D eigenvalue weighted by Crippen LogP contribution is -2.31. The van der Waals surface area contributed by atoms with Gasteiger partial charge >= 0.3 is 0 Å². The Morgan fingerprint density at radius 2 is 2.26 bits per heavy atom. The van der Waals surface area contributed by atoms with E-state index >= 15 is 0 Å². The zero-order chi connectivity index (χ0) is 13.7. The average molecular weight is 264 g/mol. The molecule has 0 saturated heterocycles. The van der Waals surface area contributed by atoms with E-state index in [1.54, 1.807) is 19.2 Å². The number of halogens is 1. The molecule has 1 aromatic carbocycles. The predicted molar refractivity (Wildman–Crippen MR) is 64.8 cm³/mol. The normalized spacial score (nSPS) is 10.2. The smallest absolute Gasteiger partial charge is 0.260 e. The number of carbonyl (C=O) groups excluding carboxylic acids is 1. The van der Waals surface area contributed by atoms with Crippen LogP contribution in [0.25, 0.3) is 0 Å². The summed E-state index contributed by atoms with van der Waals surface area (Å²) in [6, 6.07) is 5.94. The lowest BCUT2D eigenvalue weighted by molar-refractivity contribution is -0.132. The Labute approximate surface area is 109 Å². The molecule has 0 saturated carbocycles. The van der Waals surface area contributed by atoms with Crippen LogP contribution in [0.15, 0.2) is 30.6 Å². The van der Waals surface area contributed by atoms with E-state index in [1.807, 2.05) is 0 Å². The number of carbonyl (C=O) groups is 1. The second-order valence-electron chi connectivity index (χ2n) is 3.90. The number of aromatic nitrogens is 3. The second kappa shape index (κ2) is 5.94. The van der Waals surface area contributed by atoms with E-state index in [-0.39, 0.29) is 18.3 Å². The number of rotatable bonds is 5. The van der Waals surface area contributed by atoms with Gasteiger partial charge in [-0.25, -0.2) is 9.37 Å². The molecule has 2 rings (SSSR count). The summed E-state index contributed by atoms with van der Waals surface area (Å²) in [6.07, 6.45) is 1.36. The molecule has 1 amide bonds. The minimum Gasteiger partial charge on any atom is -0.481 e. The molecule has 0 aliphatic heterocycles. The lowest BCUT2D eigenvalue weighted by Gasteiger charge is -2.16. The van der Waals surface area contributed by atoms with Crippen molar-refractivity contribution >= 4 is 5.91 Å². The van der Waals surface area contributed by atoms with Gasteiger partial charge in [0.25, 0.3) is 5.91 Å². The molecule has 0 aliphatic carbocycles. The van der Waals surface area contributed by atoms with Crippen LogP contribution in [0.4, 0.5) is 4.39 Å². The molecule has 0 atom stereocenters. The van der Waals surface area contributed by atoms with Gasteiger partial charge in [0.2, 0.25) is 0 Å². The van der Waals surface area contributed by atoms with Crippen molar-refractivity contribution in [3.05, 3.63) is 42.2 Å². The van der Waals surface area contributed by atoms with Gasteiger partial charge in [-0.3, -0.25) is 9.89 Å². The average Bonchev–Trinajstić information content (AvgIpc) is 2.90. The fourth-order valence-electron chi connectivity index (χ4n) is 1.43. The van der Waals surface area contributed by atoms with Crippen molar-refractivity contribution in [2.75, 3.05) is 13.7 Å². The van der Waals surface area contributed by atoms with Crippen LogP contribution in [0.2, 0.25) is 0 Å². The number of ether oxygens (including phenoxy) is 1. The minimum absolute atomic E-state index is 0.0592. The molecule has 7 heteroatoms. The summed E-state index contributed by atoms with van der Waals surface area (Å²) in [7, 11) is 1.61. The molecule has 0 radical (unpaired) electrons. The first kappa shape index (κ1) is 13.0. The molecule has 1 aromatic heterocycles. The van der Waals surface area contributed by atoms with Crippen molar-refractivity contribution in [1.82, 2.24) is 20.1 Å². The van der Waals surface area contributed by atoms with Crippen LogP contribution in [0, 0.1) is 5.82 Å². The van der Waals surface area contributed by atoms with Crippen LogP contribution in [-0.4, -0.2) is 39.6 Å². The fourth-order valence-corrected chi connectivity index (χ4v) is 1.43. The number of nitrogens with one attached hydrogen (secondary N) is 1. The Hall–Kier alpha value is -2.44. The van der Waals surface area contributed by atoms with Gasteiger partial charge in [-0.15, -0.1) is 0 Å². The van der Waals surface area contributed by atoms with E-state index in [9.17, 15) is 9.18 Å². The van der Waals surface area contributed by atoms with Gasteiger partial charge in [-0.2, -0.15) is 5.10 Å². The molecule has 1 heterocycles. The largest absolute Gasteiger partial charge is 0.481 e. The summed E-state index contributed by atoms with van der Waals surface area (Å²) < 4.78 is 18.4. The maximum absolute atomic E-state index is 13.3. The van der Waals surface area contributed by atoms with E-state index in [1.165, 1.54) is 23.4 Å². The first-order valence-corrected chi connectivity index (χ1v) is 5.62. The topological polar surface area (TPSA) is 71.1 Å². The zero-order valence-corrected chi connectivity index (χ0v) is 10.3. The first-order chi connectivity index (χ1) is 9.16. The molecule has 0 unspecified atom stereocenters. The predicted octanol–water partition coefficient (Wildman–Crippen LogP) is 0.981. The molecule has 2 aromatic rings. The Bertz CT molecular complexity index is 544. The molecule has 100 valence electrons. The summed E-state index contributed by atoms with van der Waals surface area (Å²) in [5, 5.41) is 6.33. The van der Waals surface area contributed by atoms with E-state index in [0.29, 0.717) is 12.4 Å². The van der Waals surface area contributed by atoms with Crippen molar-refractivity contribution in [3.8, 4) is 5.75 Å². The molecule has 0 bridgehead atoms. The molecule has 19 heavy (non-hydrogen) atoms. The number of nitrogens with zero attached hydrogens (tertiary/aromatic N) is 3. The SMILES string of the molecule is CN(Cc1ncn[nH]1)C(=O)COc1ccccc1F. The summed E-state index contributed by atoms with van der Waals surface area (Å²) in [4.78, 5) is 17.1. The lowest BCUT2D eigenvalue weighted by atomic mass is 10.3. The monoisotopic (exact) mass is 264 g/mol. The molecule has 0 fully saturated rings. The summed E-state index contributed by atoms with van der Waals surface area (Å²) >= 11 is 0. The number of amides is 1. The number of likely N-dealkylation sites (N-methyl/N-ethyl adjacent to an activating group) is 1. The molecule has 6 nitrogen and oxygen atoms in total. The Kier molecular flexibility index (Phi) is 4.07. The molecular weight excluding hydrogens is 251 g/mol. The highest BCUT2D eigenvalue weighted by atomic mass is 19.1. The number of H-pyrrole nitrogens is 1. The fraction of sp³-hybridized carbons (Fsp3) is 0.250. The van der Waals surface area contributed by atoms with Crippen LogP contribution in [0.5, 0.6) is 5.75 Å². The third kappa shape index (κ3) is 3.51. The highest BCUT2D eigenvalue weighted by Gasteiger charge is 2.12. The first-order valence-electron chi connectivity index (χ1n) is 5.62. The van der Waals surface area contributed by atoms with Crippen molar-refractivity contribution in [2.24, 2.45) is 0 Å². The van der Waals surface area contributed by atoms with Gasteiger partial charge < -0.3 is 9.64 Å². The van der Waals surface area contributed by atoms with Crippen LogP contribution < -0.4 is 4.74 Å². The molecule has 0 spiro atoms. The van der Waals surface area contributed by atoms with Gasteiger partial charge in [-0.1, -0.05) is 12.1 Å². The molecule has 1 N–H and O–H groups in total. The number of aromatic amines is 1. The quantitative estimate of drug-likeness (QED) is 0.874. The highest BCUT2D eigenvalue weighted by Crippen LogP contribution is 2.15. The Morgan fingerprint density at radius 1 is 1.47 bits per heavy atom. The molecule has 0 aliphatic rings. The van der Waals surface area contributed by atoms with Gasteiger partial charge in [0.15, 0.2) is 18.2 Å². The van der Waals surface area contributed by atoms with Crippen LogP contribution in [-0.2, 0) is 11.3 Å². The third-order valence-electron chi connectivity index (χ3n) is 2.47. The summed E-state index contributed by atoms with van der Waals surface area (Å²) in [6.45, 7) is 0.0606. The second-order valence-corrected chi connectivity index (χ2v) is 3.90. The number of para-hydroxylation sites is 1. The van der Waals surface area contributed by atoms with Crippen molar-refractivity contribution < 1.29 is 13.9 Å². The van der Waals surface area contributed by atoms with Crippen LogP contribution >= 0.6 is 0 Å². The summed E-state index contributed by atoms with van der Waals surface area (Å²) in [5.41, 5.74) is 0. The van der Waals surface area contributed by atoms with E-state index < -0.39 is 5.82 Å². The maximum Gasteiger partial charge on any atom is 0.260 e. The van der Waals surface area contributed by atoms with Crippen LogP contribution in [0.3, 0.4) is 0 Å². The number of benzene rings is 1. The van der Waals surface area contributed by atoms with Gasteiger partial charge in [0, 0.05) is 7.05 Å². The van der Waals surface area contributed by atoms with Crippen molar-refractivity contribution in [2.45, 2.75) is 6.54 Å². The third-order valence-corrected chi connectivity index (χ3v) is 2.47. The van der Waals surface area contributed by atoms with E-state index in [4.69, 9.17) is 4.74 Å². The zero-order valence-electron chi connectivity index (χ0n) is 10.3. The number of hydrogen-bond acceptors (Lipinski definition) is 4. The van der Waals surface area contributed by atoms with Crippen LogP contribution in [0.1, 0.15) is 5.82 Å². The van der Waals surface area contributed by atoms with Gasteiger partial charge in [-0.05, 0) is 12.1 Å².